The third-order valence-electron chi connectivity index (χ3n) is 0.975. The molecule has 0 saturated carbocycles. The molecule has 0 radical (unpaired) electrons. The highest BCUT2D eigenvalue weighted by Crippen LogP contribution is 1.92. The minimum Gasteiger partial charge on any atom is -0.463 e. The Morgan fingerprint density at radius 3 is 1.61 bits per heavy atom. The van der Waals surface area contributed by atoms with E-state index in [2.05, 4.69) is 16.1 Å². The second-order valence-electron chi connectivity index (χ2n) is 2.16. The molecule has 0 saturated heterocycles. The summed E-state index contributed by atoms with van der Waals surface area (Å²) >= 11 is 0. The largest absolute Gasteiger partial charge is 0.463 e. The molecule has 0 aromatic carbocycles. The van der Waals surface area contributed by atoms with Crippen LogP contribution in [0.5, 0.6) is 0 Å². The molecule has 0 amide bonds. The molecule has 0 aliphatic rings. The molecule has 0 spiro atoms. The predicted octanol–water partition coefficient (Wildman–Crippen LogP) is 4.49. The Morgan fingerprint density at radius 1 is 0.944 bits per heavy atom. The van der Waals surface area contributed by atoms with Crippen LogP contribution in [0.1, 0.15) is 58.4 Å². The van der Waals surface area contributed by atoms with Crippen LogP contribution in [0.4, 0.5) is 0 Å². The SMILES string of the molecule is C.C.C.C.C.C.C=C(C)C(=O)OCC(=O)OCC. The third kappa shape index (κ3) is 24.1. The van der Waals surface area contributed by atoms with Crippen LogP contribution >= 0.6 is 0 Å². The van der Waals surface area contributed by atoms with Gasteiger partial charge in [-0.15, -0.1) is 0 Å². The molecular formula is C14H36O4. The van der Waals surface area contributed by atoms with Crippen LogP contribution in [0.15, 0.2) is 12.2 Å². The number of hydrogen-bond donors (Lipinski definition) is 0. The van der Waals surface area contributed by atoms with E-state index in [9.17, 15) is 9.59 Å². The van der Waals surface area contributed by atoms with Gasteiger partial charge in [0.15, 0.2) is 6.61 Å². The lowest BCUT2D eigenvalue weighted by molar-refractivity contribution is -0.156. The smallest absolute Gasteiger partial charge is 0.344 e. The van der Waals surface area contributed by atoms with E-state index in [1.807, 2.05) is 0 Å². The number of rotatable bonds is 4. The average molecular weight is 268 g/mol. The van der Waals surface area contributed by atoms with E-state index >= 15 is 0 Å². The fourth-order valence-electron chi connectivity index (χ4n) is 0.450. The fraction of sp³-hybridized carbons (Fsp3) is 0.714. The molecule has 4 heteroatoms. The molecular weight excluding hydrogens is 232 g/mol. The molecule has 0 atom stereocenters. The van der Waals surface area contributed by atoms with Gasteiger partial charge in [0.05, 0.1) is 6.61 Å². The summed E-state index contributed by atoms with van der Waals surface area (Å²) in [7, 11) is 0. The van der Waals surface area contributed by atoms with E-state index < -0.39 is 11.9 Å². The van der Waals surface area contributed by atoms with E-state index in [-0.39, 0.29) is 63.3 Å². The molecule has 0 fully saturated rings. The molecule has 0 N–H and O–H groups in total. The first kappa shape index (κ1) is 43.8. The summed E-state index contributed by atoms with van der Waals surface area (Å²) in [6.07, 6.45) is 0. The zero-order valence-corrected chi connectivity index (χ0v) is 7.25. The fourth-order valence-corrected chi connectivity index (χ4v) is 0.450. The zero-order valence-electron chi connectivity index (χ0n) is 7.25. The van der Waals surface area contributed by atoms with Crippen LogP contribution in [0.25, 0.3) is 0 Å². The molecule has 0 rings (SSSR count). The molecule has 0 aromatic heterocycles. The summed E-state index contributed by atoms with van der Waals surface area (Å²) in [5, 5.41) is 0. The monoisotopic (exact) mass is 268 g/mol. The van der Waals surface area contributed by atoms with Crippen molar-refractivity contribution >= 4 is 11.9 Å². The van der Waals surface area contributed by atoms with Crippen molar-refractivity contribution in [3.8, 4) is 0 Å². The topological polar surface area (TPSA) is 52.6 Å². The number of carbonyl (C=O) groups excluding carboxylic acids is 2. The van der Waals surface area contributed by atoms with Crippen LogP contribution in [0, 0.1) is 0 Å². The Hall–Kier alpha value is -1.32. The van der Waals surface area contributed by atoms with E-state index in [4.69, 9.17) is 0 Å². The van der Waals surface area contributed by atoms with Gasteiger partial charge in [0, 0.05) is 5.57 Å². The number of esters is 2. The van der Waals surface area contributed by atoms with Crippen molar-refractivity contribution in [3.63, 3.8) is 0 Å². The Balaban J connectivity index is -0.0000000403. The van der Waals surface area contributed by atoms with Gasteiger partial charge < -0.3 is 9.47 Å². The molecule has 0 aliphatic carbocycles. The summed E-state index contributed by atoms with van der Waals surface area (Å²) in [5.74, 6) is -1.13. The standard InChI is InChI=1S/C8H12O4.6CH4/c1-4-11-7(9)5-12-8(10)6(2)3;;;;;;/h2,4-5H2,1,3H3;6*1H4. The quantitative estimate of drug-likeness (QED) is 0.557. The Labute approximate surface area is 115 Å². The molecule has 0 unspecified atom stereocenters. The Bertz CT molecular complexity index is 198. The van der Waals surface area contributed by atoms with Crippen molar-refractivity contribution in [1.29, 1.82) is 0 Å². The van der Waals surface area contributed by atoms with Crippen molar-refractivity contribution in [3.05, 3.63) is 12.2 Å². The second-order valence-corrected chi connectivity index (χ2v) is 2.16. The Kier molecular flexibility index (Phi) is 60.2. The molecule has 116 valence electrons. The summed E-state index contributed by atoms with van der Waals surface area (Å²) in [6, 6.07) is 0. The minimum absolute atomic E-state index is 0. The maximum Gasteiger partial charge on any atom is 0.344 e. The number of hydrogen-bond acceptors (Lipinski definition) is 4. The van der Waals surface area contributed by atoms with E-state index in [1.54, 1.807) is 6.92 Å². The van der Waals surface area contributed by atoms with Gasteiger partial charge in [-0.25, -0.2) is 9.59 Å². The molecule has 0 bridgehead atoms. The van der Waals surface area contributed by atoms with Crippen molar-refractivity contribution in [2.24, 2.45) is 0 Å². The van der Waals surface area contributed by atoms with Crippen molar-refractivity contribution in [2.45, 2.75) is 58.4 Å². The lowest BCUT2D eigenvalue weighted by atomic mass is 10.4. The second kappa shape index (κ2) is 24.8. The van der Waals surface area contributed by atoms with Crippen LogP contribution in [-0.4, -0.2) is 25.2 Å². The highest BCUT2D eigenvalue weighted by Gasteiger charge is 2.07. The van der Waals surface area contributed by atoms with Gasteiger partial charge in [0.1, 0.15) is 0 Å². The van der Waals surface area contributed by atoms with Crippen LogP contribution in [0.3, 0.4) is 0 Å². The zero-order chi connectivity index (χ0) is 9.56. The van der Waals surface area contributed by atoms with E-state index in [0.29, 0.717) is 0 Å². The Morgan fingerprint density at radius 2 is 1.33 bits per heavy atom. The van der Waals surface area contributed by atoms with Crippen LogP contribution < -0.4 is 0 Å². The van der Waals surface area contributed by atoms with Gasteiger partial charge in [0.2, 0.25) is 0 Å². The lowest BCUT2D eigenvalue weighted by Gasteiger charge is -2.02. The molecule has 18 heavy (non-hydrogen) atoms. The van der Waals surface area contributed by atoms with Gasteiger partial charge in [-0.1, -0.05) is 51.1 Å². The van der Waals surface area contributed by atoms with Crippen molar-refractivity contribution in [1.82, 2.24) is 0 Å². The molecule has 0 aliphatic heterocycles. The third-order valence-corrected chi connectivity index (χ3v) is 0.975. The molecule has 0 heterocycles. The maximum atomic E-state index is 10.7. The lowest BCUT2D eigenvalue weighted by Crippen LogP contribution is -2.16. The molecule has 0 aromatic rings. The first-order chi connectivity index (χ1) is 5.57. The highest BCUT2D eigenvalue weighted by atomic mass is 16.6. The van der Waals surface area contributed by atoms with Gasteiger partial charge in [0.25, 0.3) is 0 Å². The first-order valence-corrected chi connectivity index (χ1v) is 3.56. The van der Waals surface area contributed by atoms with Crippen LogP contribution in [-0.2, 0) is 19.1 Å². The summed E-state index contributed by atoms with van der Waals surface area (Å²) < 4.78 is 9.03. The number of ether oxygens (including phenoxy) is 2. The minimum atomic E-state index is -0.581. The van der Waals surface area contributed by atoms with E-state index in [1.165, 1.54) is 6.92 Å². The van der Waals surface area contributed by atoms with Crippen molar-refractivity contribution < 1.29 is 19.1 Å². The summed E-state index contributed by atoms with van der Waals surface area (Å²) in [5.41, 5.74) is 0.263. The normalized spacial score (nSPS) is 5.89. The highest BCUT2D eigenvalue weighted by molar-refractivity contribution is 5.88. The number of carbonyl (C=O) groups is 2. The van der Waals surface area contributed by atoms with Gasteiger partial charge in [-0.05, 0) is 13.8 Å². The summed E-state index contributed by atoms with van der Waals surface area (Å²) in [4.78, 5) is 21.4. The van der Waals surface area contributed by atoms with E-state index in [0.717, 1.165) is 0 Å². The van der Waals surface area contributed by atoms with Gasteiger partial charge in [-0.3, -0.25) is 0 Å². The molecule has 4 nitrogen and oxygen atoms in total. The average Bonchev–Trinajstić information content (AvgIpc) is 2.00. The van der Waals surface area contributed by atoms with Gasteiger partial charge in [-0.2, -0.15) is 0 Å². The first-order valence-electron chi connectivity index (χ1n) is 3.56. The predicted molar refractivity (Wildman–Crippen MR) is 82.8 cm³/mol. The van der Waals surface area contributed by atoms with Crippen LogP contribution in [0.2, 0.25) is 0 Å². The summed E-state index contributed by atoms with van der Waals surface area (Å²) in [6.45, 7) is 6.47. The van der Waals surface area contributed by atoms with Gasteiger partial charge >= 0.3 is 11.9 Å². The maximum absolute atomic E-state index is 10.7. The van der Waals surface area contributed by atoms with Crippen molar-refractivity contribution in [2.75, 3.05) is 13.2 Å².